The molecular weight excluding hydrogens is 388 g/mol. The number of aliphatic imine (C=N–C) groups is 2. The molecule has 0 spiro atoms. The zero-order chi connectivity index (χ0) is 19.6. The van der Waals surface area contributed by atoms with Gasteiger partial charge in [0.05, 0.1) is 12.1 Å². The Morgan fingerprint density at radius 1 is 0.857 bits per heavy atom. The van der Waals surface area contributed by atoms with Gasteiger partial charge in [0.2, 0.25) is 0 Å². The van der Waals surface area contributed by atoms with Gasteiger partial charge in [-0.25, -0.2) is 0 Å². The summed E-state index contributed by atoms with van der Waals surface area (Å²) >= 11 is 3.30. The van der Waals surface area contributed by atoms with Crippen LogP contribution in [0.5, 0.6) is 0 Å². The lowest BCUT2D eigenvalue weighted by Gasteiger charge is -2.04. The molecular formula is C20H26N6S2. The summed E-state index contributed by atoms with van der Waals surface area (Å²) in [6.45, 7) is 0. The van der Waals surface area contributed by atoms with Crippen molar-refractivity contribution in [3.63, 3.8) is 0 Å². The molecule has 6 nitrogen and oxygen atoms in total. The van der Waals surface area contributed by atoms with E-state index in [2.05, 4.69) is 32.1 Å². The van der Waals surface area contributed by atoms with Crippen LogP contribution in [0.15, 0.2) is 58.9 Å². The van der Waals surface area contributed by atoms with Gasteiger partial charge in [-0.1, -0.05) is 35.7 Å². The molecule has 0 saturated carbocycles. The van der Waals surface area contributed by atoms with Crippen LogP contribution in [0.4, 0.5) is 0 Å². The van der Waals surface area contributed by atoms with Crippen molar-refractivity contribution in [2.24, 2.45) is 21.5 Å². The molecule has 0 aromatic carbocycles. The maximum absolute atomic E-state index is 5.59. The van der Waals surface area contributed by atoms with Gasteiger partial charge in [0.1, 0.15) is 0 Å². The van der Waals surface area contributed by atoms with Gasteiger partial charge < -0.3 is 11.5 Å². The number of rotatable bonds is 6. The predicted octanol–water partition coefficient (Wildman–Crippen LogP) is 2.89. The normalized spacial score (nSPS) is 20.9. The molecule has 2 aromatic heterocycles. The number of aryl methyl sites for hydroxylation is 2. The smallest absolute Gasteiger partial charge is 0.154 e. The van der Waals surface area contributed by atoms with Crippen molar-refractivity contribution in [2.75, 3.05) is 11.5 Å². The molecule has 0 radical (unpaired) electrons. The Kier molecular flexibility index (Phi) is 8.17. The second kappa shape index (κ2) is 11.1. The minimum Gasteiger partial charge on any atom is -0.379 e. The fourth-order valence-electron chi connectivity index (χ4n) is 2.91. The first kappa shape index (κ1) is 20.7. The van der Waals surface area contributed by atoms with Gasteiger partial charge in [0.15, 0.2) is 10.3 Å². The van der Waals surface area contributed by atoms with Crippen molar-refractivity contribution >= 4 is 33.9 Å². The number of aromatic nitrogens is 2. The number of amidine groups is 2. The summed E-state index contributed by atoms with van der Waals surface area (Å²) < 4.78 is 0. The Balaban J connectivity index is 0.000000161. The van der Waals surface area contributed by atoms with Gasteiger partial charge in [-0.2, -0.15) is 0 Å². The Morgan fingerprint density at radius 2 is 1.57 bits per heavy atom. The molecule has 0 fully saturated rings. The number of hydrogen-bond donors (Lipinski definition) is 2. The summed E-state index contributed by atoms with van der Waals surface area (Å²) in [6.07, 6.45) is 9.68. The van der Waals surface area contributed by atoms with E-state index < -0.39 is 0 Å². The molecule has 2 aromatic rings. The molecule has 2 atom stereocenters. The molecule has 0 saturated heterocycles. The monoisotopic (exact) mass is 414 g/mol. The van der Waals surface area contributed by atoms with Crippen molar-refractivity contribution in [1.29, 1.82) is 0 Å². The first-order valence-electron chi connectivity index (χ1n) is 9.40. The van der Waals surface area contributed by atoms with E-state index in [1.54, 1.807) is 29.7 Å². The highest BCUT2D eigenvalue weighted by atomic mass is 32.2. The quantitative estimate of drug-likeness (QED) is 0.753. The Labute approximate surface area is 174 Å². The Morgan fingerprint density at radius 3 is 2.11 bits per heavy atom. The van der Waals surface area contributed by atoms with Crippen molar-refractivity contribution in [3.05, 3.63) is 60.2 Å². The van der Waals surface area contributed by atoms with Gasteiger partial charge in [0.25, 0.3) is 0 Å². The average Bonchev–Trinajstić information content (AvgIpc) is 3.35. The summed E-state index contributed by atoms with van der Waals surface area (Å²) in [5, 5.41) is 1.47. The third-order valence-corrected chi connectivity index (χ3v) is 6.32. The highest BCUT2D eigenvalue weighted by Gasteiger charge is 2.16. The topological polar surface area (TPSA) is 103 Å². The summed E-state index contributed by atoms with van der Waals surface area (Å²) in [5.41, 5.74) is 13.6. The van der Waals surface area contributed by atoms with Crippen molar-refractivity contribution in [3.8, 4) is 0 Å². The largest absolute Gasteiger partial charge is 0.379 e. The van der Waals surface area contributed by atoms with Crippen molar-refractivity contribution in [1.82, 2.24) is 9.97 Å². The first-order valence-corrected chi connectivity index (χ1v) is 11.4. The second-order valence-electron chi connectivity index (χ2n) is 6.62. The third kappa shape index (κ3) is 7.16. The van der Waals surface area contributed by atoms with Crippen LogP contribution in [0.3, 0.4) is 0 Å². The fraction of sp³-hybridized carbons (Fsp3) is 0.400. The molecule has 4 N–H and O–H groups in total. The number of nitrogens with zero attached hydrogens (tertiary/aromatic N) is 4. The molecule has 0 aliphatic carbocycles. The van der Waals surface area contributed by atoms with E-state index >= 15 is 0 Å². The first-order chi connectivity index (χ1) is 13.7. The van der Waals surface area contributed by atoms with E-state index in [0.29, 0.717) is 12.1 Å². The molecule has 4 rings (SSSR count). The summed E-state index contributed by atoms with van der Waals surface area (Å²) in [4.78, 5) is 17.0. The molecule has 2 aliphatic rings. The molecule has 0 bridgehead atoms. The maximum atomic E-state index is 5.59. The molecule has 2 aliphatic heterocycles. The molecule has 0 amide bonds. The Hall–Kier alpha value is -2.06. The summed E-state index contributed by atoms with van der Waals surface area (Å²) in [6, 6.07) is 10.9. The average molecular weight is 415 g/mol. The lowest BCUT2D eigenvalue weighted by atomic mass is 10.1. The zero-order valence-corrected chi connectivity index (χ0v) is 17.4. The van der Waals surface area contributed by atoms with Crippen LogP contribution in [-0.2, 0) is 12.8 Å². The number of nitrogens with two attached hydrogens (primary N) is 2. The highest BCUT2D eigenvalue weighted by Crippen LogP contribution is 2.19. The second-order valence-corrected chi connectivity index (χ2v) is 8.70. The maximum Gasteiger partial charge on any atom is 0.154 e. The third-order valence-electron chi connectivity index (χ3n) is 4.42. The van der Waals surface area contributed by atoms with Crippen LogP contribution in [0, 0.1) is 0 Å². The van der Waals surface area contributed by atoms with Crippen LogP contribution in [0.2, 0.25) is 0 Å². The number of hydrogen-bond acceptors (Lipinski definition) is 8. The van der Waals surface area contributed by atoms with E-state index in [4.69, 9.17) is 11.5 Å². The van der Waals surface area contributed by atoms with Crippen LogP contribution in [0.25, 0.3) is 0 Å². The zero-order valence-electron chi connectivity index (χ0n) is 15.8. The Bertz CT molecular complexity index is 714. The van der Waals surface area contributed by atoms with Gasteiger partial charge in [-0.05, 0) is 49.4 Å². The van der Waals surface area contributed by atoms with Gasteiger partial charge in [-0.15, -0.1) is 0 Å². The van der Waals surface area contributed by atoms with E-state index in [1.165, 1.54) is 5.56 Å². The van der Waals surface area contributed by atoms with Gasteiger partial charge in [-0.3, -0.25) is 20.0 Å². The van der Waals surface area contributed by atoms with E-state index in [1.807, 2.05) is 30.6 Å². The molecule has 28 heavy (non-hydrogen) atoms. The van der Waals surface area contributed by atoms with Crippen LogP contribution < -0.4 is 11.5 Å². The molecule has 0 unspecified atom stereocenters. The predicted molar refractivity (Wildman–Crippen MR) is 121 cm³/mol. The SMILES string of the molecule is NC1=N[C@H](CCc2ccccn2)CS1.NC1=N[C@H](CCc2cccnc2)CS1. The van der Waals surface area contributed by atoms with Crippen LogP contribution >= 0.6 is 23.5 Å². The minimum atomic E-state index is 0.391. The fourth-order valence-corrected chi connectivity index (χ4v) is 4.56. The highest BCUT2D eigenvalue weighted by molar-refractivity contribution is 8.14. The summed E-state index contributed by atoms with van der Waals surface area (Å²) in [7, 11) is 0. The van der Waals surface area contributed by atoms with Crippen molar-refractivity contribution in [2.45, 2.75) is 37.8 Å². The number of thioether (sulfide) groups is 2. The molecule has 148 valence electrons. The lowest BCUT2D eigenvalue weighted by Crippen LogP contribution is -2.06. The van der Waals surface area contributed by atoms with E-state index in [-0.39, 0.29) is 0 Å². The lowest BCUT2D eigenvalue weighted by molar-refractivity contribution is 0.676. The molecule has 4 heterocycles. The van der Waals surface area contributed by atoms with Gasteiger partial charge in [0, 0.05) is 35.8 Å². The minimum absolute atomic E-state index is 0.391. The van der Waals surface area contributed by atoms with Crippen LogP contribution in [-0.4, -0.2) is 43.9 Å². The summed E-state index contributed by atoms with van der Waals surface area (Å²) in [5.74, 6) is 2.06. The standard InChI is InChI=1S/2C10H13N3S/c11-10-13-9(7-14-10)4-3-8-2-1-5-12-6-8;11-10-13-9(7-14-10)5-4-8-3-1-2-6-12-8/h1-2,5-6,9H,3-4,7H2,(H2,11,13);1-3,6,9H,4-5,7H2,(H2,11,13)/t2*9-/m11/s1. The van der Waals surface area contributed by atoms with E-state index in [0.717, 1.165) is 53.2 Å². The van der Waals surface area contributed by atoms with Crippen molar-refractivity contribution < 1.29 is 0 Å². The van der Waals surface area contributed by atoms with Crippen LogP contribution in [0.1, 0.15) is 24.1 Å². The van der Waals surface area contributed by atoms with E-state index in [9.17, 15) is 0 Å². The number of pyridine rings is 2. The molecule has 8 heteroatoms. The van der Waals surface area contributed by atoms with Gasteiger partial charge >= 0.3 is 0 Å².